The molecule has 0 N–H and O–H groups in total. The van der Waals surface area contributed by atoms with Crippen LogP contribution < -0.4 is 0 Å². The van der Waals surface area contributed by atoms with E-state index in [4.69, 9.17) is 29.8 Å². The molecule has 0 atom stereocenters. The molecular formula is C30H58ClO7P. The third kappa shape index (κ3) is 30.2. The van der Waals surface area contributed by atoms with Crippen LogP contribution in [0, 0.1) is 0 Å². The Balaban J connectivity index is 3.49. The highest BCUT2D eigenvalue weighted by atomic mass is 35.7. The van der Waals surface area contributed by atoms with Crippen LogP contribution in [0.25, 0.3) is 0 Å². The van der Waals surface area contributed by atoms with Crippen molar-refractivity contribution < 1.29 is 32.7 Å². The van der Waals surface area contributed by atoms with E-state index in [1.165, 1.54) is 64.2 Å². The van der Waals surface area contributed by atoms with E-state index in [2.05, 4.69) is 13.8 Å². The molecule has 0 bridgehead atoms. The molecule has 232 valence electrons. The summed E-state index contributed by atoms with van der Waals surface area (Å²) >= 11 is 5.86. The summed E-state index contributed by atoms with van der Waals surface area (Å²) in [5.41, 5.74) is 0. The molecule has 0 aromatic rings. The summed E-state index contributed by atoms with van der Waals surface area (Å²) in [6, 6.07) is 0. The molecule has 9 heteroatoms. The highest BCUT2D eigenvalue weighted by molar-refractivity contribution is 7.81. The van der Waals surface area contributed by atoms with Crippen molar-refractivity contribution in [1.29, 1.82) is 0 Å². The summed E-state index contributed by atoms with van der Waals surface area (Å²) in [6.07, 6.45) is 21.7. The van der Waals surface area contributed by atoms with Crippen LogP contribution in [-0.4, -0.2) is 38.4 Å². The summed E-state index contributed by atoms with van der Waals surface area (Å²) in [6.45, 7) is 2.27. The van der Waals surface area contributed by atoms with Gasteiger partial charge in [-0.05, 0) is 38.5 Å². The molecule has 0 aromatic carbocycles. The third-order valence-corrected chi connectivity index (χ3v) is 8.13. The average molecular weight is 597 g/mol. The van der Waals surface area contributed by atoms with Crippen LogP contribution in [0.4, 0.5) is 0 Å². The number of hydrogen-bond donors (Lipinski definition) is 0. The summed E-state index contributed by atoms with van der Waals surface area (Å²) < 4.78 is 33.1. The Morgan fingerprint density at radius 1 is 0.487 bits per heavy atom. The molecule has 0 aliphatic rings. The fourth-order valence-electron chi connectivity index (χ4n) is 4.12. The van der Waals surface area contributed by atoms with E-state index < -0.39 is 6.95 Å². The van der Waals surface area contributed by atoms with Gasteiger partial charge in [0.2, 0.25) is 0 Å². The van der Waals surface area contributed by atoms with Crippen LogP contribution in [-0.2, 0) is 32.7 Å². The highest BCUT2D eigenvalue weighted by Gasteiger charge is 2.20. The Kier molecular flexibility index (Phi) is 28.4. The zero-order valence-electron chi connectivity index (χ0n) is 25.1. The highest BCUT2D eigenvalue weighted by Crippen LogP contribution is 2.53. The number of rotatable bonds is 30. The number of ether oxygens (including phenoxy) is 2. The van der Waals surface area contributed by atoms with Gasteiger partial charge >= 0.3 is 18.9 Å². The number of unbranched alkanes of at least 4 members (excludes halogenated alkanes) is 16. The Labute approximate surface area is 244 Å². The molecule has 0 rings (SSSR count). The van der Waals surface area contributed by atoms with Crippen LogP contribution in [0.1, 0.15) is 155 Å². The van der Waals surface area contributed by atoms with Gasteiger partial charge < -0.3 is 9.47 Å². The lowest BCUT2D eigenvalue weighted by molar-refractivity contribution is -0.144. The van der Waals surface area contributed by atoms with Gasteiger partial charge in [-0.3, -0.25) is 18.6 Å². The second-order valence-electron chi connectivity index (χ2n) is 10.4. The van der Waals surface area contributed by atoms with Crippen LogP contribution in [0.2, 0.25) is 0 Å². The maximum atomic E-state index is 12.2. The first-order valence-electron chi connectivity index (χ1n) is 15.8. The summed E-state index contributed by atoms with van der Waals surface area (Å²) in [5, 5.41) is 0. The molecule has 0 saturated carbocycles. The Morgan fingerprint density at radius 3 is 1.18 bits per heavy atom. The summed E-state index contributed by atoms with van der Waals surface area (Å²) in [5.74, 6) is -0.315. The van der Waals surface area contributed by atoms with Crippen molar-refractivity contribution in [2.45, 2.75) is 155 Å². The minimum absolute atomic E-state index is 0.158. The average Bonchev–Trinajstić information content (AvgIpc) is 2.91. The smallest absolute Gasteiger partial charge is 0.424 e. The van der Waals surface area contributed by atoms with Crippen molar-refractivity contribution in [3.05, 3.63) is 0 Å². The van der Waals surface area contributed by atoms with E-state index in [1.807, 2.05) is 0 Å². The number of esters is 2. The third-order valence-electron chi connectivity index (χ3n) is 6.56. The molecule has 0 unspecified atom stereocenters. The number of carbonyl (C=O) groups is 2. The molecule has 0 aliphatic heterocycles. The first-order valence-corrected chi connectivity index (χ1v) is 18.3. The molecular weight excluding hydrogens is 539 g/mol. The molecule has 0 radical (unpaired) electrons. The lowest BCUT2D eigenvalue weighted by atomic mass is 10.1. The monoisotopic (exact) mass is 596 g/mol. The topological polar surface area (TPSA) is 88.1 Å². The predicted molar refractivity (Wildman–Crippen MR) is 160 cm³/mol. The fourth-order valence-corrected chi connectivity index (χ4v) is 5.30. The van der Waals surface area contributed by atoms with Gasteiger partial charge in [0.25, 0.3) is 0 Å². The van der Waals surface area contributed by atoms with E-state index in [0.29, 0.717) is 51.7 Å². The van der Waals surface area contributed by atoms with Gasteiger partial charge in [0.1, 0.15) is 0 Å². The van der Waals surface area contributed by atoms with E-state index in [9.17, 15) is 14.2 Å². The standard InChI is InChI=1S/C30H58ClO7P/c1-3-5-7-9-11-13-19-25-35-29(32)23-17-15-21-27-37-39(31,34)38-28-22-16-18-24-30(33)36-26-20-14-12-10-8-6-4-2/h3-28H2,1-2H3. The molecule has 0 fully saturated rings. The lowest BCUT2D eigenvalue weighted by Gasteiger charge is -2.11. The maximum Gasteiger partial charge on any atom is 0.424 e. The predicted octanol–water partition coefficient (Wildman–Crippen LogP) is 10.1. The summed E-state index contributed by atoms with van der Waals surface area (Å²) in [7, 11) is 0. The minimum Gasteiger partial charge on any atom is -0.466 e. The lowest BCUT2D eigenvalue weighted by Crippen LogP contribution is -2.06. The van der Waals surface area contributed by atoms with Crippen molar-refractivity contribution in [1.82, 2.24) is 0 Å². The zero-order valence-corrected chi connectivity index (χ0v) is 26.7. The summed E-state index contributed by atoms with van der Waals surface area (Å²) in [4.78, 5) is 23.6. The van der Waals surface area contributed by atoms with E-state index in [-0.39, 0.29) is 25.2 Å². The van der Waals surface area contributed by atoms with Crippen LogP contribution in [0.3, 0.4) is 0 Å². The van der Waals surface area contributed by atoms with Crippen LogP contribution in [0.15, 0.2) is 0 Å². The van der Waals surface area contributed by atoms with Gasteiger partial charge in [-0.25, -0.2) is 4.57 Å². The normalized spacial score (nSPS) is 11.6. The van der Waals surface area contributed by atoms with Gasteiger partial charge in [-0.2, -0.15) is 0 Å². The first-order chi connectivity index (χ1) is 18.9. The van der Waals surface area contributed by atoms with Crippen molar-refractivity contribution in [3.8, 4) is 0 Å². The van der Waals surface area contributed by atoms with Gasteiger partial charge in [0, 0.05) is 24.1 Å². The second-order valence-corrected chi connectivity index (χ2v) is 13.0. The van der Waals surface area contributed by atoms with Crippen molar-refractivity contribution in [2.75, 3.05) is 26.4 Å². The number of carbonyl (C=O) groups excluding carboxylic acids is 2. The first kappa shape index (κ1) is 38.4. The molecule has 39 heavy (non-hydrogen) atoms. The minimum atomic E-state index is -3.60. The molecule has 0 aromatic heterocycles. The molecule has 0 spiro atoms. The zero-order chi connectivity index (χ0) is 28.9. The van der Waals surface area contributed by atoms with Crippen molar-refractivity contribution in [3.63, 3.8) is 0 Å². The van der Waals surface area contributed by atoms with Gasteiger partial charge in [-0.15, -0.1) is 0 Å². The fraction of sp³-hybridized carbons (Fsp3) is 0.933. The molecule has 0 heterocycles. The second kappa shape index (κ2) is 28.9. The molecule has 0 saturated heterocycles. The van der Waals surface area contributed by atoms with Crippen LogP contribution in [0.5, 0.6) is 0 Å². The largest absolute Gasteiger partial charge is 0.466 e. The SMILES string of the molecule is CCCCCCCCCOC(=O)CCCCCOP(=O)(Cl)OCCCCCC(=O)OCCCCCCCCC. The molecule has 7 nitrogen and oxygen atoms in total. The van der Waals surface area contributed by atoms with Crippen molar-refractivity contribution >= 4 is 30.1 Å². The van der Waals surface area contributed by atoms with Crippen molar-refractivity contribution in [2.24, 2.45) is 0 Å². The van der Waals surface area contributed by atoms with Crippen LogP contribution >= 0.6 is 18.2 Å². The Bertz CT molecular complexity index is 570. The Morgan fingerprint density at radius 2 is 0.795 bits per heavy atom. The molecule has 0 amide bonds. The van der Waals surface area contributed by atoms with Gasteiger partial charge in [0.05, 0.1) is 26.4 Å². The van der Waals surface area contributed by atoms with Gasteiger partial charge in [-0.1, -0.05) is 104 Å². The Hall–Kier alpha value is -0.620. The number of hydrogen-bond acceptors (Lipinski definition) is 7. The maximum absolute atomic E-state index is 12.2. The van der Waals surface area contributed by atoms with Gasteiger partial charge in [0.15, 0.2) is 0 Å². The quantitative estimate of drug-likeness (QED) is 0.0463. The van der Waals surface area contributed by atoms with E-state index in [0.717, 1.165) is 38.5 Å². The van der Waals surface area contributed by atoms with E-state index >= 15 is 0 Å². The molecule has 0 aliphatic carbocycles. The number of halogens is 1. The van der Waals surface area contributed by atoms with E-state index in [1.54, 1.807) is 0 Å².